The number of nitrogens with two attached hydrogens (primary N) is 1. The van der Waals surface area contributed by atoms with Gasteiger partial charge in [-0.3, -0.25) is 4.68 Å². The molecule has 2 heterocycles. The highest BCUT2D eigenvalue weighted by molar-refractivity contribution is 5.79. The van der Waals surface area contributed by atoms with E-state index in [0.717, 1.165) is 48.5 Å². The van der Waals surface area contributed by atoms with E-state index in [1.807, 2.05) is 29.1 Å². The quantitative estimate of drug-likeness (QED) is 0.718. The number of anilines is 1. The zero-order chi connectivity index (χ0) is 13.9. The van der Waals surface area contributed by atoms with Crippen LogP contribution in [0.5, 0.6) is 0 Å². The molecule has 0 aliphatic heterocycles. The lowest BCUT2D eigenvalue weighted by Gasteiger charge is -2.08. The second-order valence-electron chi connectivity index (χ2n) is 4.80. The lowest BCUT2D eigenvalue weighted by atomic mass is 10.3. The summed E-state index contributed by atoms with van der Waals surface area (Å²) in [6, 6.07) is 5.91. The lowest BCUT2D eigenvalue weighted by Crippen LogP contribution is -2.07. The number of aryl methyl sites for hydroxylation is 3. The Kier molecular flexibility index (Phi) is 3.37. The molecule has 1 aromatic carbocycles. The lowest BCUT2D eigenvalue weighted by molar-refractivity contribution is 0.512. The van der Waals surface area contributed by atoms with E-state index in [-0.39, 0.29) is 0 Å². The van der Waals surface area contributed by atoms with Gasteiger partial charge in [0, 0.05) is 31.4 Å². The molecule has 2 aromatic heterocycles. The monoisotopic (exact) mass is 270 g/mol. The zero-order valence-corrected chi connectivity index (χ0v) is 11.5. The summed E-state index contributed by atoms with van der Waals surface area (Å²) in [6.45, 7) is 3.90. The maximum absolute atomic E-state index is 5.82. The highest BCUT2D eigenvalue weighted by atomic mass is 15.4. The number of fused-ring (bicyclic) bond motifs is 1. The van der Waals surface area contributed by atoms with Gasteiger partial charge in [-0.05, 0) is 24.6 Å². The summed E-state index contributed by atoms with van der Waals surface area (Å²) < 4.78 is 4.12. The normalized spacial score (nSPS) is 11.2. The smallest absolute Gasteiger partial charge is 0.109 e. The van der Waals surface area contributed by atoms with Gasteiger partial charge in [-0.25, -0.2) is 4.98 Å². The summed E-state index contributed by atoms with van der Waals surface area (Å²) in [4.78, 5) is 4.66. The van der Waals surface area contributed by atoms with E-state index < -0.39 is 0 Å². The second kappa shape index (κ2) is 5.32. The van der Waals surface area contributed by atoms with Crippen LogP contribution in [0.4, 0.5) is 5.69 Å². The van der Waals surface area contributed by atoms with Gasteiger partial charge >= 0.3 is 0 Å². The Morgan fingerprint density at radius 1 is 1.25 bits per heavy atom. The number of aromatic nitrogens is 5. The Labute approximate surface area is 117 Å². The first kappa shape index (κ1) is 12.7. The van der Waals surface area contributed by atoms with Crippen LogP contribution in [0.2, 0.25) is 0 Å². The van der Waals surface area contributed by atoms with Gasteiger partial charge in [0.15, 0.2) is 0 Å². The SMILES string of the molecule is CCc1nc2cc(N)ccc2n1CCCn1ccnn1. The third-order valence-corrected chi connectivity index (χ3v) is 3.41. The molecule has 0 bridgehead atoms. The molecule has 0 aliphatic carbocycles. The van der Waals surface area contributed by atoms with Gasteiger partial charge in [-0.2, -0.15) is 0 Å². The van der Waals surface area contributed by atoms with Crippen LogP contribution in [0.15, 0.2) is 30.6 Å². The summed E-state index contributed by atoms with van der Waals surface area (Å²) in [5.74, 6) is 1.10. The molecular formula is C14H18N6. The molecule has 6 heteroatoms. The molecular weight excluding hydrogens is 252 g/mol. The van der Waals surface area contributed by atoms with Crippen LogP contribution in [0.3, 0.4) is 0 Å². The fourth-order valence-corrected chi connectivity index (χ4v) is 2.46. The summed E-state index contributed by atoms with van der Waals surface area (Å²) in [5, 5.41) is 7.79. The molecule has 104 valence electrons. The molecule has 0 fully saturated rings. The molecule has 0 saturated heterocycles. The molecule has 0 amide bonds. The molecule has 3 rings (SSSR count). The van der Waals surface area contributed by atoms with E-state index in [1.54, 1.807) is 6.20 Å². The van der Waals surface area contributed by atoms with Gasteiger partial charge < -0.3 is 10.3 Å². The summed E-state index contributed by atoms with van der Waals surface area (Å²) in [7, 11) is 0. The van der Waals surface area contributed by atoms with Crippen molar-refractivity contribution >= 4 is 16.7 Å². The summed E-state index contributed by atoms with van der Waals surface area (Å²) in [5.41, 5.74) is 8.70. The number of nitrogen functional groups attached to an aromatic ring is 1. The van der Waals surface area contributed by atoms with E-state index in [2.05, 4.69) is 26.8 Å². The minimum absolute atomic E-state index is 0.757. The number of benzene rings is 1. The first-order chi connectivity index (χ1) is 9.78. The zero-order valence-electron chi connectivity index (χ0n) is 11.5. The van der Waals surface area contributed by atoms with E-state index in [9.17, 15) is 0 Å². The topological polar surface area (TPSA) is 74.5 Å². The summed E-state index contributed by atoms with van der Waals surface area (Å²) in [6.07, 6.45) is 5.49. The fourth-order valence-electron chi connectivity index (χ4n) is 2.46. The third-order valence-electron chi connectivity index (χ3n) is 3.41. The molecule has 6 nitrogen and oxygen atoms in total. The molecule has 20 heavy (non-hydrogen) atoms. The Morgan fingerprint density at radius 2 is 2.15 bits per heavy atom. The highest BCUT2D eigenvalue weighted by Gasteiger charge is 2.09. The molecule has 0 aliphatic rings. The third kappa shape index (κ3) is 2.36. The van der Waals surface area contributed by atoms with Crippen molar-refractivity contribution in [2.24, 2.45) is 0 Å². The average molecular weight is 270 g/mol. The largest absolute Gasteiger partial charge is 0.399 e. The predicted octanol–water partition coefficient (Wildman–Crippen LogP) is 1.86. The number of nitrogens with zero attached hydrogens (tertiary/aromatic N) is 5. The Hall–Kier alpha value is -2.37. The number of hydrogen-bond donors (Lipinski definition) is 1. The van der Waals surface area contributed by atoms with Gasteiger partial charge in [0.05, 0.1) is 17.2 Å². The minimum atomic E-state index is 0.757. The predicted molar refractivity (Wildman–Crippen MR) is 78.2 cm³/mol. The van der Waals surface area contributed by atoms with Gasteiger partial charge in [0.2, 0.25) is 0 Å². The molecule has 2 N–H and O–H groups in total. The second-order valence-corrected chi connectivity index (χ2v) is 4.80. The number of imidazole rings is 1. The molecule has 0 radical (unpaired) electrons. The fraction of sp³-hybridized carbons (Fsp3) is 0.357. The average Bonchev–Trinajstić information content (AvgIpc) is 3.06. The van der Waals surface area contributed by atoms with Crippen LogP contribution in [-0.4, -0.2) is 24.5 Å². The molecule has 0 unspecified atom stereocenters. The first-order valence-corrected chi connectivity index (χ1v) is 6.86. The van der Waals surface area contributed by atoms with Crippen molar-refractivity contribution in [2.75, 3.05) is 5.73 Å². The van der Waals surface area contributed by atoms with Crippen LogP contribution in [0.1, 0.15) is 19.2 Å². The van der Waals surface area contributed by atoms with Gasteiger partial charge in [-0.1, -0.05) is 12.1 Å². The Morgan fingerprint density at radius 3 is 2.90 bits per heavy atom. The van der Waals surface area contributed by atoms with Gasteiger partial charge in [-0.15, -0.1) is 5.10 Å². The number of hydrogen-bond acceptors (Lipinski definition) is 4. The Bertz CT molecular complexity index is 698. The van der Waals surface area contributed by atoms with Crippen LogP contribution in [0.25, 0.3) is 11.0 Å². The van der Waals surface area contributed by atoms with Gasteiger partial charge in [0.25, 0.3) is 0 Å². The van der Waals surface area contributed by atoms with Gasteiger partial charge in [0.1, 0.15) is 5.82 Å². The van der Waals surface area contributed by atoms with Crippen molar-refractivity contribution < 1.29 is 0 Å². The maximum Gasteiger partial charge on any atom is 0.109 e. The minimum Gasteiger partial charge on any atom is -0.399 e. The van der Waals surface area contributed by atoms with E-state index in [4.69, 9.17) is 5.73 Å². The van der Waals surface area contributed by atoms with Crippen LogP contribution in [-0.2, 0) is 19.5 Å². The highest BCUT2D eigenvalue weighted by Crippen LogP contribution is 2.20. The van der Waals surface area contributed by atoms with Crippen molar-refractivity contribution in [3.8, 4) is 0 Å². The van der Waals surface area contributed by atoms with Crippen molar-refractivity contribution in [3.05, 3.63) is 36.4 Å². The van der Waals surface area contributed by atoms with E-state index in [1.165, 1.54) is 0 Å². The molecule has 0 atom stereocenters. The summed E-state index contributed by atoms with van der Waals surface area (Å²) >= 11 is 0. The molecule has 0 spiro atoms. The van der Waals surface area contributed by atoms with Crippen molar-refractivity contribution in [3.63, 3.8) is 0 Å². The van der Waals surface area contributed by atoms with Crippen molar-refractivity contribution in [1.82, 2.24) is 24.5 Å². The maximum atomic E-state index is 5.82. The van der Waals surface area contributed by atoms with E-state index in [0.29, 0.717) is 0 Å². The van der Waals surface area contributed by atoms with Crippen LogP contribution in [0, 0.1) is 0 Å². The van der Waals surface area contributed by atoms with Crippen LogP contribution >= 0.6 is 0 Å². The van der Waals surface area contributed by atoms with Crippen molar-refractivity contribution in [2.45, 2.75) is 32.9 Å². The first-order valence-electron chi connectivity index (χ1n) is 6.86. The standard InChI is InChI=1S/C14H18N6/c1-2-14-17-12-10-11(15)4-5-13(12)20(14)8-3-7-19-9-6-16-18-19/h4-6,9-10H,2-3,7-8,15H2,1H3. The Balaban J connectivity index is 1.82. The molecule has 3 aromatic rings. The van der Waals surface area contributed by atoms with E-state index >= 15 is 0 Å². The number of rotatable bonds is 5. The molecule has 0 saturated carbocycles. The van der Waals surface area contributed by atoms with Crippen LogP contribution < -0.4 is 5.73 Å². The van der Waals surface area contributed by atoms with Crippen molar-refractivity contribution in [1.29, 1.82) is 0 Å².